The molecule has 1 unspecified atom stereocenters. The molecule has 2 rings (SSSR count). The van der Waals surface area contributed by atoms with Crippen molar-refractivity contribution in [1.82, 2.24) is 9.78 Å². The van der Waals surface area contributed by atoms with Gasteiger partial charge in [-0.25, -0.2) is 4.68 Å². The molecule has 7 nitrogen and oxygen atoms in total. The molecule has 0 radical (unpaired) electrons. The minimum absolute atomic E-state index is 0.0191. The summed E-state index contributed by atoms with van der Waals surface area (Å²) in [5.41, 5.74) is -0.0553. The number of carbonyl (C=O) groups is 1. The number of ether oxygens (including phenoxy) is 2. The number of rotatable bonds is 5. The summed E-state index contributed by atoms with van der Waals surface area (Å²) in [4.78, 5) is 23.2. The van der Waals surface area contributed by atoms with E-state index in [-0.39, 0.29) is 11.6 Å². The van der Waals surface area contributed by atoms with E-state index in [0.717, 1.165) is 24.1 Å². The summed E-state index contributed by atoms with van der Waals surface area (Å²) < 4.78 is 10.9. The molecule has 1 aromatic rings. The van der Waals surface area contributed by atoms with Crippen molar-refractivity contribution in [2.24, 2.45) is 5.92 Å². The Bertz CT molecular complexity index is 555. The molecule has 1 atom stereocenters. The Balaban J connectivity index is 2.02. The number of methoxy groups -OCH3 is 1. The summed E-state index contributed by atoms with van der Waals surface area (Å²) in [5.74, 6) is -0.159. The first-order chi connectivity index (χ1) is 10.1. The predicted octanol–water partition coefficient (Wildman–Crippen LogP) is 0.908. The molecule has 0 bridgehead atoms. The van der Waals surface area contributed by atoms with E-state index in [4.69, 9.17) is 16.3 Å². The summed E-state index contributed by atoms with van der Waals surface area (Å²) in [5, 5.41) is 7.05. The van der Waals surface area contributed by atoms with Gasteiger partial charge in [-0.2, -0.15) is 5.10 Å². The molecular formula is C13H18ClN3O4. The largest absolute Gasteiger partial charge is 0.468 e. The van der Waals surface area contributed by atoms with Gasteiger partial charge in [0, 0.05) is 13.2 Å². The summed E-state index contributed by atoms with van der Waals surface area (Å²) in [6, 6.07) is 0. The van der Waals surface area contributed by atoms with Crippen molar-refractivity contribution in [2.45, 2.75) is 19.4 Å². The zero-order valence-electron chi connectivity index (χ0n) is 11.8. The van der Waals surface area contributed by atoms with E-state index >= 15 is 0 Å². The molecule has 0 spiro atoms. The zero-order chi connectivity index (χ0) is 15.2. The molecule has 0 aliphatic carbocycles. The molecule has 1 fully saturated rings. The van der Waals surface area contributed by atoms with Crippen LogP contribution in [0.1, 0.15) is 12.8 Å². The number of aromatic nitrogens is 2. The summed E-state index contributed by atoms with van der Waals surface area (Å²) in [7, 11) is 1.25. The van der Waals surface area contributed by atoms with Crippen molar-refractivity contribution in [2.75, 3.05) is 32.2 Å². The number of halogens is 1. The summed E-state index contributed by atoms with van der Waals surface area (Å²) >= 11 is 6.02. The van der Waals surface area contributed by atoms with Crippen LogP contribution >= 0.6 is 11.6 Å². The second kappa shape index (κ2) is 7.42. The number of hydrogen-bond donors (Lipinski definition) is 1. The lowest BCUT2D eigenvalue weighted by Gasteiger charge is -2.22. The van der Waals surface area contributed by atoms with Crippen molar-refractivity contribution in [1.29, 1.82) is 0 Å². The highest BCUT2D eigenvalue weighted by Crippen LogP contribution is 2.18. The van der Waals surface area contributed by atoms with Gasteiger partial charge in [-0.3, -0.25) is 9.59 Å². The lowest BCUT2D eigenvalue weighted by Crippen LogP contribution is -2.29. The molecule has 1 saturated heterocycles. The molecule has 0 saturated carbocycles. The maximum atomic E-state index is 12.0. The Labute approximate surface area is 127 Å². The first-order valence-corrected chi connectivity index (χ1v) is 7.13. The normalized spacial score (nSPS) is 18.3. The second-order valence-electron chi connectivity index (χ2n) is 4.88. The van der Waals surface area contributed by atoms with E-state index in [1.165, 1.54) is 13.3 Å². The number of anilines is 1. The lowest BCUT2D eigenvalue weighted by atomic mass is 10.0. The topological polar surface area (TPSA) is 82.5 Å². The lowest BCUT2D eigenvalue weighted by molar-refractivity contribution is -0.141. The van der Waals surface area contributed by atoms with Gasteiger partial charge in [0.25, 0.3) is 5.56 Å². The van der Waals surface area contributed by atoms with Gasteiger partial charge in [0.1, 0.15) is 11.6 Å². The van der Waals surface area contributed by atoms with Gasteiger partial charge in [0.2, 0.25) is 0 Å². The SMILES string of the molecule is COC(=O)Cn1ncc(NCC2CCCOC2)c(Cl)c1=O. The summed E-state index contributed by atoms with van der Waals surface area (Å²) in [6.07, 6.45) is 3.56. The van der Waals surface area contributed by atoms with Crippen molar-refractivity contribution in [3.8, 4) is 0 Å². The van der Waals surface area contributed by atoms with E-state index < -0.39 is 11.5 Å². The van der Waals surface area contributed by atoms with Crippen LogP contribution in [0.4, 0.5) is 5.69 Å². The smallest absolute Gasteiger partial charge is 0.327 e. The monoisotopic (exact) mass is 315 g/mol. The molecule has 1 aliphatic rings. The van der Waals surface area contributed by atoms with Crippen LogP contribution in [0.5, 0.6) is 0 Å². The number of esters is 1. The van der Waals surface area contributed by atoms with Gasteiger partial charge < -0.3 is 14.8 Å². The van der Waals surface area contributed by atoms with Crippen LogP contribution in [0.3, 0.4) is 0 Å². The Morgan fingerprint density at radius 2 is 2.48 bits per heavy atom. The number of carbonyl (C=O) groups excluding carboxylic acids is 1. The maximum absolute atomic E-state index is 12.0. The first kappa shape index (κ1) is 15.8. The Kier molecular flexibility index (Phi) is 5.58. The van der Waals surface area contributed by atoms with Crippen LogP contribution < -0.4 is 10.9 Å². The standard InChI is InChI=1S/C13H18ClN3O4/c1-20-11(18)7-17-13(19)12(14)10(6-16-17)15-5-9-3-2-4-21-8-9/h6,9,15H,2-5,7-8H2,1H3. The fourth-order valence-electron chi connectivity index (χ4n) is 2.11. The van der Waals surface area contributed by atoms with Gasteiger partial charge >= 0.3 is 5.97 Å². The molecule has 0 amide bonds. The minimum atomic E-state index is -0.555. The minimum Gasteiger partial charge on any atom is -0.468 e. The van der Waals surface area contributed by atoms with Gasteiger partial charge in [0.15, 0.2) is 0 Å². The fraction of sp³-hybridized carbons (Fsp3) is 0.615. The quantitative estimate of drug-likeness (QED) is 0.813. The van der Waals surface area contributed by atoms with Crippen molar-refractivity contribution < 1.29 is 14.3 Å². The molecule has 1 aromatic heterocycles. The van der Waals surface area contributed by atoms with Crippen LogP contribution in [-0.4, -0.2) is 42.6 Å². The van der Waals surface area contributed by atoms with Crippen molar-refractivity contribution in [3.63, 3.8) is 0 Å². The third-order valence-corrected chi connectivity index (χ3v) is 3.69. The highest BCUT2D eigenvalue weighted by molar-refractivity contribution is 6.32. The Hall–Kier alpha value is -1.60. The summed E-state index contributed by atoms with van der Waals surface area (Å²) in [6.45, 7) is 1.92. The van der Waals surface area contributed by atoms with Gasteiger partial charge in [-0.15, -0.1) is 0 Å². The van der Waals surface area contributed by atoms with E-state index in [2.05, 4.69) is 15.2 Å². The van der Waals surface area contributed by atoms with Crippen LogP contribution in [0, 0.1) is 5.92 Å². The third kappa shape index (κ3) is 4.18. The van der Waals surface area contributed by atoms with Crippen LogP contribution in [-0.2, 0) is 20.8 Å². The third-order valence-electron chi connectivity index (χ3n) is 3.33. The molecule has 116 valence electrons. The molecule has 1 aliphatic heterocycles. The van der Waals surface area contributed by atoms with E-state index in [0.29, 0.717) is 24.8 Å². The fourth-order valence-corrected chi connectivity index (χ4v) is 2.32. The van der Waals surface area contributed by atoms with Crippen molar-refractivity contribution >= 4 is 23.3 Å². The molecule has 8 heteroatoms. The molecule has 21 heavy (non-hydrogen) atoms. The van der Waals surface area contributed by atoms with Crippen LogP contribution in [0.2, 0.25) is 5.02 Å². The molecule has 0 aromatic carbocycles. The number of nitrogens with one attached hydrogen (secondary N) is 1. The molecular weight excluding hydrogens is 298 g/mol. The highest BCUT2D eigenvalue weighted by atomic mass is 35.5. The number of hydrogen-bond acceptors (Lipinski definition) is 6. The van der Waals surface area contributed by atoms with E-state index in [1.54, 1.807) is 0 Å². The van der Waals surface area contributed by atoms with Crippen molar-refractivity contribution in [3.05, 3.63) is 21.6 Å². The highest BCUT2D eigenvalue weighted by Gasteiger charge is 2.16. The van der Waals surface area contributed by atoms with Gasteiger partial charge in [-0.1, -0.05) is 11.6 Å². The maximum Gasteiger partial charge on any atom is 0.327 e. The average Bonchev–Trinajstić information content (AvgIpc) is 2.52. The van der Waals surface area contributed by atoms with Crippen LogP contribution in [0.25, 0.3) is 0 Å². The van der Waals surface area contributed by atoms with Gasteiger partial charge in [-0.05, 0) is 18.8 Å². The Morgan fingerprint density at radius 3 is 3.14 bits per heavy atom. The van der Waals surface area contributed by atoms with E-state index in [1.807, 2.05) is 0 Å². The average molecular weight is 316 g/mol. The number of nitrogens with zero attached hydrogens (tertiary/aromatic N) is 2. The molecule has 1 N–H and O–H groups in total. The zero-order valence-corrected chi connectivity index (χ0v) is 12.6. The first-order valence-electron chi connectivity index (χ1n) is 6.76. The van der Waals surface area contributed by atoms with Crippen LogP contribution in [0.15, 0.2) is 11.0 Å². The van der Waals surface area contributed by atoms with E-state index in [9.17, 15) is 9.59 Å². The predicted molar refractivity (Wildman–Crippen MR) is 77.6 cm³/mol. The molecule has 2 heterocycles. The second-order valence-corrected chi connectivity index (χ2v) is 5.25. The van der Waals surface area contributed by atoms with Gasteiger partial charge in [0.05, 0.1) is 25.6 Å². The Morgan fingerprint density at radius 1 is 1.67 bits per heavy atom.